The van der Waals surface area contributed by atoms with E-state index in [1.54, 1.807) is 0 Å². The number of carbonyl (C=O) groups excluding carboxylic acids is 1. The Kier molecular flexibility index (Phi) is 4.96. The maximum atomic E-state index is 14.4. The van der Waals surface area contributed by atoms with Crippen LogP contribution in [0.2, 0.25) is 0 Å². The predicted octanol–water partition coefficient (Wildman–Crippen LogP) is 4.72. The first-order valence-electron chi connectivity index (χ1n) is 9.57. The maximum Gasteiger partial charge on any atom is 0.223 e. The molecule has 2 aliphatic carbocycles. The molecule has 5 heteroatoms. The molecule has 0 saturated heterocycles. The summed E-state index contributed by atoms with van der Waals surface area (Å²) in [4.78, 5) is 19.6. The molecule has 1 N–H and O–H groups in total. The fraction of sp³-hybridized carbons (Fsp3) is 0.476. The lowest BCUT2D eigenvalue weighted by Crippen LogP contribution is -2.28. The van der Waals surface area contributed by atoms with E-state index in [0.29, 0.717) is 17.6 Å². The van der Waals surface area contributed by atoms with Gasteiger partial charge in [0.25, 0.3) is 0 Å². The van der Waals surface area contributed by atoms with Crippen LogP contribution >= 0.6 is 0 Å². The summed E-state index contributed by atoms with van der Waals surface area (Å²) >= 11 is 0. The number of nitrogens with one attached hydrogen (secondary N) is 1. The SMILES string of the molecule is O=CC1CCCC(Nc2ncc(F)c(-c3cccc(C4CCC4)c3)n2)C1. The van der Waals surface area contributed by atoms with Crippen molar-refractivity contribution in [3.8, 4) is 11.3 Å². The van der Waals surface area contributed by atoms with E-state index in [1.807, 2.05) is 12.1 Å². The fourth-order valence-corrected chi connectivity index (χ4v) is 3.99. The lowest BCUT2D eigenvalue weighted by Gasteiger charge is -2.27. The number of benzene rings is 1. The summed E-state index contributed by atoms with van der Waals surface area (Å²) in [5.41, 5.74) is 2.40. The zero-order valence-electron chi connectivity index (χ0n) is 14.8. The van der Waals surface area contributed by atoms with E-state index >= 15 is 0 Å². The van der Waals surface area contributed by atoms with Gasteiger partial charge in [-0.2, -0.15) is 0 Å². The van der Waals surface area contributed by atoms with Crippen molar-refractivity contribution in [3.63, 3.8) is 0 Å². The lowest BCUT2D eigenvalue weighted by molar-refractivity contribution is -0.111. The molecule has 2 fully saturated rings. The Labute approximate surface area is 153 Å². The molecule has 0 amide bonds. The second-order valence-corrected chi connectivity index (χ2v) is 7.55. The summed E-state index contributed by atoms with van der Waals surface area (Å²) in [7, 11) is 0. The quantitative estimate of drug-likeness (QED) is 0.790. The van der Waals surface area contributed by atoms with Crippen LogP contribution in [0.4, 0.5) is 10.3 Å². The van der Waals surface area contributed by atoms with Gasteiger partial charge in [-0.15, -0.1) is 0 Å². The minimum absolute atomic E-state index is 0.0975. The molecule has 2 aromatic rings. The third-order valence-electron chi connectivity index (χ3n) is 5.72. The topological polar surface area (TPSA) is 54.9 Å². The highest BCUT2D eigenvalue weighted by molar-refractivity contribution is 5.62. The van der Waals surface area contributed by atoms with Crippen LogP contribution in [0.5, 0.6) is 0 Å². The number of hydrogen-bond donors (Lipinski definition) is 1. The maximum absolute atomic E-state index is 14.4. The normalized spacial score (nSPS) is 23.3. The van der Waals surface area contributed by atoms with E-state index in [2.05, 4.69) is 27.4 Å². The van der Waals surface area contributed by atoms with Crippen LogP contribution in [0.15, 0.2) is 30.5 Å². The summed E-state index contributed by atoms with van der Waals surface area (Å²) in [6.07, 6.45) is 9.70. The minimum Gasteiger partial charge on any atom is -0.351 e. The van der Waals surface area contributed by atoms with Crippen LogP contribution in [-0.2, 0) is 4.79 Å². The molecular formula is C21H24FN3O. The molecule has 0 spiro atoms. The van der Waals surface area contributed by atoms with Crippen molar-refractivity contribution in [2.24, 2.45) is 5.92 Å². The second-order valence-electron chi connectivity index (χ2n) is 7.55. The first-order valence-corrected chi connectivity index (χ1v) is 9.57. The average molecular weight is 353 g/mol. The van der Waals surface area contributed by atoms with Crippen molar-refractivity contribution in [1.29, 1.82) is 0 Å². The molecule has 1 aromatic heterocycles. The first-order chi connectivity index (χ1) is 12.7. The van der Waals surface area contributed by atoms with Gasteiger partial charge in [0.2, 0.25) is 5.95 Å². The van der Waals surface area contributed by atoms with Crippen molar-refractivity contribution < 1.29 is 9.18 Å². The van der Waals surface area contributed by atoms with Gasteiger partial charge in [-0.25, -0.2) is 14.4 Å². The number of aldehydes is 1. The number of aromatic nitrogens is 2. The highest BCUT2D eigenvalue weighted by atomic mass is 19.1. The smallest absolute Gasteiger partial charge is 0.223 e. The third kappa shape index (κ3) is 3.62. The van der Waals surface area contributed by atoms with E-state index < -0.39 is 5.82 Å². The highest BCUT2D eigenvalue weighted by Gasteiger charge is 2.23. The molecule has 26 heavy (non-hydrogen) atoms. The summed E-state index contributed by atoms with van der Waals surface area (Å²) in [6, 6.07) is 8.22. The first kappa shape index (κ1) is 17.1. The molecule has 0 aliphatic heterocycles. The van der Waals surface area contributed by atoms with E-state index in [1.165, 1.54) is 31.0 Å². The molecule has 4 rings (SSSR count). The monoisotopic (exact) mass is 353 g/mol. The number of rotatable bonds is 5. The van der Waals surface area contributed by atoms with Crippen LogP contribution in [0.25, 0.3) is 11.3 Å². The van der Waals surface area contributed by atoms with Crippen LogP contribution in [0.3, 0.4) is 0 Å². The minimum atomic E-state index is -0.407. The van der Waals surface area contributed by atoms with Crippen LogP contribution in [-0.4, -0.2) is 22.3 Å². The van der Waals surface area contributed by atoms with E-state index in [4.69, 9.17) is 0 Å². The van der Waals surface area contributed by atoms with Gasteiger partial charge in [-0.1, -0.05) is 31.0 Å². The summed E-state index contributed by atoms with van der Waals surface area (Å²) in [6.45, 7) is 0. The zero-order valence-corrected chi connectivity index (χ0v) is 14.8. The standard InChI is InChI=1S/C21H24FN3O/c22-19-12-23-21(24-18-9-1-4-14(10-18)13-26)25-20(19)17-8-3-7-16(11-17)15-5-2-6-15/h3,7-8,11-15,18H,1-2,4-6,9-10H2,(H,23,24,25). The molecule has 0 radical (unpaired) electrons. The van der Waals surface area contributed by atoms with Gasteiger partial charge in [0.05, 0.1) is 6.20 Å². The van der Waals surface area contributed by atoms with E-state index in [0.717, 1.165) is 37.5 Å². The van der Waals surface area contributed by atoms with E-state index in [9.17, 15) is 9.18 Å². The molecule has 136 valence electrons. The third-order valence-corrected chi connectivity index (χ3v) is 5.72. The molecule has 1 aromatic carbocycles. The Morgan fingerprint density at radius 2 is 2.00 bits per heavy atom. The average Bonchev–Trinajstić information content (AvgIpc) is 2.62. The fourth-order valence-electron chi connectivity index (χ4n) is 3.99. The van der Waals surface area contributed by atoms with Gasteiger partial charge in [0, 0.05) is 17.5 Å². The van der Waals surface area contributed by atoms with Crippen LogP contribution in [0, 0.1) is 11.7 Å². The molecule has 0 bridgehead atoms. The van der Waals surface area contributed by atoms with Crippen molar-refractivity contribution in [2.75, 3.05) is 5.32 Å². The Hall–Kier alpha value is -2.30. The zero-order chi connectivity index (χ0) is 17.9. The van der Waals surface area contributed by atoms with E-state index in [-0.39, 0.29) is 12.0 Å². The van der Waals surface area contributed by atoms with Gasteiger partial charge < -0.3 is 10.1 Å². The molecule has 2 atom stereocenters. The highest BCUT2D eigenvalue weighted by Crippen LogP contribution is 2.37. The summed E-state index contributed by atoms with van der Waals surface area (Å²) < 4.78 is 14.4. The second kappa shape index (κ2) is 7.52. The number of nitrogens with zero attached hydrogens (tertiary/aromatic N) is 2. The number of halogens is 1. The van der Waals surface area contributed by atoms with Gasteiger partial charge >= 0.3 is 0 Å². The number of hydrogen-bond acceptors (Lipinski definition) is 4. The summed E-state index contributed by atoms with van der Waals surface area (Å²) in [5, 5.41) is 3.29. The molecule has 1 heterocycles. The van der Waals surface area contributed by atoms with Gasteiger partial charge in [-0.3, -0.25) is 0 Å². The Bertz CT molecular complexity index is 791. The van der Waals surface area contributed by atoms with Crippen molar-refractivity contribution in [1.82, 2.24) is 9.97 Å². The van der Waals surface area contributed by atoms with Crippen LogP contribution in [0.1, 0.15) is 56.4 Å². The van der Waals surface area contributed by atoms with Crippen molar-refractivity contribution in [3.05, 3.63) is 41.8 Å². The molecule has 2 unspecified atom stereocenters. The molecule has 2 aliphatic rings. The van der Waals surface area contributed by atoms with Gasteiger partial charge in [-0.05, 0) is 49.7 Å². The Balaban J connectivity index is 1.55. The molecular weight excluding hydrogens is 329 g/mol. The molecule has 2 saturated carbocycles. The Morgan fingerprint density at radius 3 is 2.77 bits per heavy atom. The van der Waals surface area contributed by atoms with Crippen molar-refractivity contribution in [2.45, 2.75) is 56.9 Å². The lowest BCUT2D eigenvalue weighted by atomic mass is 9.79. The number of carbonyl (C=O) groups is 1. The predicted molar refractivity (Wildman–Crippen MR) is 99.5 cm³/mol. The summed E-state index contributed by atoms with van der Waals surface area (Å²) in [5.74, 6) is 0.725. The Morgan fingerprint density at radius 1 is 1.15 bits per heavy atom. The van der Waals surface area contributed by atoms with Gasteiger partial charge in [0.1, 0.15) is 12.0 Å². The molecule has 4 nitrogen and oxygen atoms in total. The van der Waals surface area contributed by atoms with Crippen LogP contribution < -0.4 is 5.32 Å². The van der Waals surface area contributed by atoms with Gasteiger partial charge in [0.15, 0.2) is 5.82 Å². The van der Waals surface area contributed by atoms with Crippen molar-refractivity contribution >= 4 is 12.2 Å². The number of anilines is 1. The largest absolute Gasteiger partial charge is 0.351 e.